The van der Waals surface area contributed by atoms with Crippen LogP contribution in [0.2, 0.25) is 0 Å². The number of ether oxygens (including phenoxy) is 1. The van der Waals surface area contributed by atoms with Crippen LogP contribution in [0.5, 0.6) is 0 Å². The minimum absolute atomic E-state index is 0.0927. The second-order valence-corrected chi connectivity index (χ2v) is 7.78. The standard InChI is InChI=1S/C18H27NO2S/c20-17(8-7-15-4-1-2-5-15)19-14-18(9-11-21-12-10-18)16-6-3-13-22-16/h3,6,13,15H,1-2,4-5,7-12,14H2,(H,19,20). The van der Waals surface area contributed by atoms with Gasteiger partial charge in [-0.1, -0.05) is 31.7 Å². The summed E-state index contributed by atoms with van der Waals surface area (Å²) >= 11 is 1.81. The zero-order valence-corrected chi connectivity index (χ0v) is 14.1. The predicted molar refractivity (Wildman–Crippen MR) is 90.3 cm³/mol. The van der Waals surface area contributed by atoms with Crippen molar-refractivity contribution in [3.63, 3.8) is 0 Å². The number of nitrogens with one attached hydrogen (secondary N) is 1. The van der Waals surface area contributed by atoms with Gasteiger partial charge in [0.1, 0.15) is 0 Å². The zero-order chi connectivity index (χ0) is 15.3. The molecule has 0 aromatic carbocycles. The van der Waals surface area contributed by atoms with Crippen molar-refractivity contribution in [1.29, 1.82) is 0 Å². The SMILES string of the molecule is O=C(CCC1CCCC1)NCC1(c2cccs2)CCOCC1. The van der Waals surface area contributed by atoms with Crippen molar-refractivity contribution in [1.82, 2.24) is 5.32 Å². The van der Waals surface area contributed by atoms with Gasteiger partial charge in [-0.3, -0.25) is 4.79 Å². The molecule has 1 aliphatic carbocycles. The van der Waals surface area contributed by atoms with Gasteiger partial charge in [-0.15, -0.1) is 11.3 Å². The van der Waals surface area contributed by atoms with E-state index in [4.69, 9.17) is 4.74 Å². The van der Waals surface area contributed by atoms with Crippen LogP contribution >= 0.6 is 11.3 Å². The van der Waals surface area contributed by atoms with E-state index in [1.807, 2.05) is 0 Å². The van der Waals surface area contributed by atoms with E-state index in [9.17, 15) is 4.79 Å². The van der Waals surface area contributed by atoms with Crippen LogP contribution in [0, 0.1) is 5.92 Å². The zero-order valence-electron chi connectivity index (χ0n) is 13.3. The van der Waals surface area contributed by atoms with Gasteiger partial charge in [0, 0.05) is 36.5 Å². The van der Waals surface area contributed by atoms with Crippen LogP contribution in [0.15, 0.2) is 17.5 Å². The molecule has 1 aromatic heterocycles. The molecule has 2 heterocycles. The largest absolute Gasteiger partial charge is 0.381 e. The molecule has 22 heavy (non-hydrogen) atoms. The third kappa shape index (κ3) is 3.90. The van der Waals surface area contributed by atoms with E-state index in [0.29, 0.717) is 6.42 Å². The normalized spacial score (nSPS) is 21.8. The van der Waals surface area contributed by atoms with Crippen LogP contribution in [0.4, 0.5) is 0 Å². The Labute approximate surface area is 137 Å². The van der Waals surface area contributed by atoms with Crippen molar-refractivity contribution >= 4 is 17.2 Å². The van der Waals surface area contributed by atoms with Gasteiger partial charge in [-0.05, 0) is 36.6 Å². The first-order valence-corrected chi connectivity index (χ1v) is 9.55. The second kappa shape index (κ2) is 7.60. The number of rotatable bonds is 6. The van der Waals surface area contributed by atoms with E-state index in [2.05, 4.69) is 22.8 Å². The summed E-state index contributed by atoms with van der Waals surface area (Å²) in [5.41, 5.74) is 0.0927. The molecule has 1 N–H and O–H groups in total. The van der Waals surface area contributed by atoms with Gasteiger partial charge in [0.05, 0.1) is 0 Å². The van der Waals surface area contributed by atoms with E-state index in [-0.39, 0.29) is 11.3 Å². The minimum atomic E-state index is 0.0927. The van der Waals surface area contributed by atoms with Crippen LogP contribution in [-0.2, 0) is 14.9 Å². The van der Waals surface area contributed by atoms with Gasteiger partial charge in [0.25, 0.3) is 0 Å². The molecule has 0 unspecified atom stereocenters. The molecule has 1 saturated heterocycles. The fraction of sp³-hybridized carbons (Fsp3) is 0.722. The first-order valence-electron chi connectivity index (χ1n) is 8.67. The molecule has 1 aliphatic heterocycles. The number of carbonyl (C=O) groups excluding carboxylic acids is 1. The van der Waals surface area contributed by atoms with E-state index in [0.717, 1.165) is 44.9 Å². The Kier molecular flexibility index (Phi) is 5.53. The Morgan fingerprint density at radius 1 is 1.32 bits per heavy atom. The molecule has 4 heteroatoms. The van der Waals surface area contributed by atoms with E-state index in [1.165, 1.54) is 30.6 Å². The number of amides is 1. The highest BCUT2D eigenvalue weighted by molar-refractivity contribution is 7.10. The third-order valence-corrected chi connectivity index (χ3v) is 6.49. The fourth-order valence-corrected chi connectivity index (χ4v) is 4.83. The highest BCUT2D eigenvalue weighted by Crippen LogP contribution is 2.37. The summed E-state index contributed by atoms with van der Waals surface area (Å²) in [5.74, 6) is 1.02. The molecular formula is C18H27NO2S. The van der Waals surface area contributed by atoms with Crippen LogP contribution in [0.3, 0.4) is 0 Å². The summed E-state index contributed by atoms with van der Waals surface area (Å²) in [6.07, 6.45) is 9.14. The minimum Gasteiger partial charge on any atom is -0.381 e. The van der Waals surface area contributed by atoms with Crippen molar-refractivity contribution in [2.24, 2.45) is 5.92 Å². The van der Waals surface area contributed by atoms with Crippen LogP contribution in [-0.4, -0.2) is 25.7 Å². The lowest BCUT2D eigenvalue weighted by Gasteiger charge is -2.36. The molecule has 2 fully saturated rings. The highest BCUT2D eigenvalue weighted by atomic mass is 32.1. The monoisotopic (exact) mass is 321 g/mol. The quantitative estimate of drug-likeness (QED) is 0.863. The summed E-state index contributed by atoms with van der Waals surface area (Å²) in [4.78, 5) is 13.6. The molecular weight excluding hydrogens is 294 g/mol. The van der Waals surface area contributed by atoms with Gasteiger partial charge in [0.2, 0.25) is 5.91 Å². The first kappa shape index (κ1) is 16.0. The third-order valence-electron chi connectivity index (χ3n) is 5.37. The number of hydrogen-bond acceptors (Lipinski definition) is 3. The molecule has 0 radical (unpaired) electrons. The summed E-state index contributed by atoms with van der Waals surface area (Å²) in [6.45, 7) is 2.37. The smallest absolute Gasteiger partial charge is 0.220 e. The lowest BCUT2D eigenvalue weighted by atomic mass is 9.78. The Balaban J connectivity index is 1.51. The Hall–Kier alpha value is -0.870. The first-order chi connectivity index (χ1) is 10.8. The maximum atomic E-state index is 12.2. The van der Waals surface area contributed by atoms with Crippen molar-refractivity contribution in [2.45, 2.75) is 56.8 Å². The molecule has 1 aromatic rings. The number of thiophene rings is 1. The summed E-state index contributed by atoms with van der Waals surface area (Å²) < 4.78 is 5.54. The van der Waals surface area contributed by atoms with Crippen molar-refractivity contribution < 1.29 is 9.53 Å². The Morgan fingerprint density at radius 2 is 2.09 bits per heavy atom. The molecule has 2 aliphatic rings. The summed E-state index contributed by atoms with van der Waals surface area (Å²) in [6, 6.07) is 4.32. The van der Waals surface area contributed by atoms with Crippen LogP contribution < -0.4 is 5.32 Å². The maximum absolute atomic E-state index is 12.2. The molecule has 1 amide bonds. The fourth-order valence-electron chi connectivity index (χ4n) is 3.84. The van der Waals surface area contributed by atoms with Gasteiger partial charge in [0.15, 0.2) is 0 Å². The second-order valence-electron chi connectivity index (χ2n) is 6.84. The highest BCUT2D eigenvalue weighted by Gasteiger charge is 2.35. The van der Waals surface area contributed by atoms with Crippen molar-refractivity contribution in [2.75, 3.05) is 19.8 Å². The summed E-state index contributed by atoms with van der Waals surface area (Å²) in [7, 11) is 0. The lowest BCUT2D eigenvalue weighted by Crippen LogP contribution is -2.44. The molecule has 3 nitrogen and oxygen atoms in total. The molecule has 0 spiro atoms. The Bertz CT molecular complexity index is 459. The summed E-state index contributed by atoms with van der Waals surface area (Å²) in [5, 5.41) is 5.35. The number of hydrogen-bond donors (Lipinski definition) is 1. The molecule has 3 rings (SSSR count). The average Bonchev–Trinajstić information content (AvgIpc) is 3.25. The van der Waals surface area contributed by atoms with E-state index in [1.54, 1.807) is 11.3 Å². The van der Waals surface area contributed by atoms with Gasteiger partial charge >= 0.3 is 0 Å². The van der Waals surface area contributed by atoms with Crippen LogP contribution in [0.25, 0.3) is 0 Å². The van der Waals surface area contributed by atoms with Crippen molar-refractivity contribution in [3.05, 3.63) is 22.4 Å². The van der Waals surface area contributed by atoms with E-state index >= 15 is 0 Å². The lowest BCUT2D eigenvalue weighted by molar-refractivity contribution is -0.121. The van der Waals surface area contributed by atoms with Gasteiger partial charge < -0.3 is 10.1 Å². The molecule has 1 saturated carbocycles. The molecule has 122 valence electrons. The topological polar surface area (TPSA) is 38.3 Å². The van der Waals surface area contributed by atoms with Crippen LogP contribution in [0.1, 0.15) is 56.2 Å². The maximum Gasteiger partial charge on any atom is 0.220 e. The van der Waals surface area contributed by atoms with E-state index < -0.39 is 0 Å². The molecule has 0 atom stereocenters. The van der Waals surface area contributed by atoms with Gasteiger partial charge in [-0.2, -0.15) is 0 Å². The average molecular weight is 321 g/mol. The number of carbonyl (C=O) groups is 1. The molecule has 0 bridgehead atoms. The van der Waals surface area contributed by atoms with Crippen molar-refractivity contribution in [3.8, 4) is 0 Å². The predicted octanol–water partition coefficient (Wildman–Crippen LogP) is 3.88. The Morgan fingerprint density at radius 3 is 2.77 bits per heavy atom. The van der Waals surface area contributed by atoms with Gasteiger partial charge in [-0.25, -0.2) is 0 Å².